The van der Waals surface area contributed by atoms with Crippen molar-refractivity contribution in [3.63, 3.8) is 0 Å². The summed E-state index contributed by atoms with van der Waals surface area (Å²) in [4.78, 5) is 0. The molecule has 0 unspecified atom stereocenters. The number of rotatable bonds is 0. The van der Waals surface area contributed by atoms with Crippen LogP contribution in [0.3, 0.4) is 0 Å². The van der Waals surface area contributed by atoms with Crippen LogP contribution < -0.4 is 0 Å². The third-order valence-electron chi connectivity index (χ3n) is 3.06. The average Bonchev–Trinajstić information content (AvgIpc) is 2.91. The van der Waals surface area contributed by atoms with Crippen LogP contribution in [0.4, 0.5) is 0 Å². The predicted octanol–water partition coefficient (Wildman–Crippen LogP) is 6.30. The quantitative estimate of drug-likeness (QED) is 0.481. The molecule has 0 bridgehead atoms. The summed E-state index contributed by atoms with van der Waals surface area (Å²) >= 11 is 0. The first-order valence-electron chi connectivity index (χ1n) is 6.65. The molecule has 0 aromatic heterocycles. The Kier molecular flexibility index (Phi) is 12.6. The maximum Gasteiger partial charge on any atom is 4.00 e. The van der Waals surface area contributed by atoms with Gasteiger partial charge in [-0.15, -0.1) is 0 Å². The van der Waals surface area contributed by atoms with Crippen molar-refractivity contribution in [3.05, 3.63) is 74.5 Å². The molecule has 2 aromatic carbocycles. The van der Waals surface area contributed by atoms with Crippen LogP contribution in [0.25, 0.3) is 0 Å². The number of hydrogen-bond donors (Lipinski definition) is 0. The van der Waals surface area contributed by atoms with Crippen molar-refractivity contribution in [2.45, 2.75) is 52.4 Å². The molecule has 0 nitrogen and oxygen atoms in total. The molecular formula is C20H32Zr. The molecule has 0 radical (unpaired) electrons. The molecule has 0 saturated heterocycles. The minimum absolute atomic E-state index is 0. The summed E-state index contributed by atoms with van der Waals surface area (Å²) in [6.07, 6.45) is 0. The van der Waals surface area contributed by atoms with E-state index in [0.29, 0.717) is 10.8 Å². The van der Waals surface area contributed by atoms with E-state index in [1.165, 1.54) is 11.1 Å². The Morgan fingerprint density at radius 2 is 0.714 bits per heavy atom. The van der Waals surface area contributed by atoms with E-state index in [1.54, 1.807) is 0 Å². The Bertz CT molecular complexity index is 375. The minimum atomic E-state index is 0. The van der Waals surface area contributed by atoms with Gasteiger partial charge in [-0.3, -0.25) is 0 Å². The zero-order valence-electron chi connectivity index (χ0n) is 15.1. The molecule has 0 atom stereocenters. The van der Waals surface area contributed by atoms with Gasteiger partial charge in [0, 0.05) is 0 Å². The van der Waals surface area contributed by atoms with Gasteiger partial charge < -0.3 is 14.9 Å². The third-order valence-corrected chi connectivity index (χ3v) is 3.06. The van der Waals surface area contributed by atoms with Crippen LogP contribution in [0.15, 0.2) is 48.5 Å². The molecule has 2 aromatic rings. The van der Waals surface area contributed by atoms with Gasteiger partial charge in [-0.25, -0.2) is 24.3 Å². The zero-order valence-corrected chi connectivity index (χ0v) is 17.6. The summed E-state index contributed by atoms with van der Waals surface area (Å²) in [5, 5.41) is 0. The van der Waals surface area contributed by atoms with Gasteiger partial charge in [0.1, 0.15) is 0 Å². The first-order valence-corrected chi connectivity index (χ1v) is 6.65. The first-order chi connectivity index (χ1) is 8.21. The molecule has 21 heavy (non-hydrogen) atoms. The predicted molar refractivity (Wildman–Crippen MR) is 94.3 cm³/mol. The first kappa shape index (κ1) is 25.5. The van der Waals surface area contributed by atoms with Gasteiger partial charge >= 0.3 is 26.2 Å². The summed E-state index contributed by atoms with van der Waals surface area (Å²) in [6, 6.07) is 17.0. The minimum Gasteiger partial charge on any atom is -0.358 e. The molecular weight excluding hydrogens is 331 g/mol. The molecule has 0 aliphatic carbocycles. The summed E-state index contributed by atoms with van der Waals surface area (Å²) in [7, 11) is 0. The average molecular weight is 364 g/mol. The van der Waals surface area contributed by atoms with E-state index in [2.05, 4.69) is 90.1 Å². The van der Waals surface area contributed by atoms with Gasteiger partial charge in [-0.05, 0) is 0 Å². The van der Waals surface area contributed by atoms with Gasteiger partial charge in [0.25, 0.3) is 0 Å². The van der Waals surface area contributed by atoms with Crippen molar-refractivity contribution in [3.8, 4) is 0 Å². The van der Waals surface area contributed by atoms with Crippen LogP contribution in [0.5, 0.6) is 0 Å². The molecule has 0 N–H and O–H groups in total. The van der Waals surface area contributed by atoms with Crippen molar-refractivity contribution in [2.24, 2.45) is 0 Å². The smallest absolute Gasteiger partial charge is 0.358 e. The Morgan fingerprint density at radius 3 is 0.810 bits per heavy atom. The van der Waals surface area contributed by atoms with Crippen molar-refractivity contribution < 1.29 is 26.2 Å². The second-order valence-corrected chi connectivity index (χ2v) is 6.85. The van der Waals surface area contributed by atoms with Crippen LogP contribution in [-0.4, -0.2) is 0 Å². The molecule has 2 rings (SSSR count). The van der Waals surface area contributed by atoms with Gasteiger partial charge in [0.05, 0.1) is 0 Å². The van der Waals surface area contributed by atoms with Crippen molar-refractivity contribution in [1.29, 1.82) is 0 Å². The van der Waals surface area contributed by atoms with E-state index in [-0.39, 0.29) is 41.1 Å². The van der Waals surface area contributed by atoms with Crippen LogP contribution in [0.1, 0.15) is 52.7 Å². The topological polar surface area (TPSA) is 0 Å². The second-order valence-electron chi connectivity index (χ2n) is 6.85. The van der Waals surface area contributed by atoms with Crippen LogP contribution in [0, 0.1) is 14.9 Å². The van der Waals surface area contributed by atoms with E-state index in [9.17, 15) is 0 Å². The van der Waals surface area contributed by atoms with E-state index >= 15 is 0 Å². The SMILES string of the molecule is CC(C)(C)[c-]1cccc1.CC(C)(C)[c-]1cccc1.[CH3-].[CH3-].[Zr+4]. The summed E-state index contributed by atoms with van der Waals surface area (Å²) in [5.41, 5.74) is 3.48. The monoisotopic (exact) mass is 362 g/mol. The van der Waals surface area contributed by atoms with Gasteiger partial charge in [0.2, 0.25) is 0 Å². The fourth-order valence-corrected chi connectivity index (χ4v) is 1.75. The molecule has 116 valence electrons. The fourth-order valence-electron chi connectivity index (χ4n) is 1.75. The van der Waals surface area contributed by atoms with Crippen molar-refractivity contribution >= 4 is 0 Å². The Labute approximate surface area is 152 Å². The van der Waals surface area contributed by atoms with Crippen molar-refractivity contribution in [2.75, 3.05) is 0 Å². The van der Waals surface area contributed by atoms with Crippen LogP contribution >= 0.6 is 0 Å². The van der Waals surface area contributed by atoms with Crippen LogP contribution in [0.2, 0.25) is 0 Å². The van der Waals surface area contributed by atoms with E-state index in [1.807, 2.05) is 0 Å². The van der Waals surface area contributed by atoms with Crippen LogP contribution in [-0.2, 0) is 37.0 Å². The molecule has 1 heteroatoms. The normalized spacial score (nSPS) is 10.2. The maximum absolute atomic E-state index is 2.22. The third kappa shape index (κ3) is 9.25. The van der Waals surface area contributed by atoms with Crippen molar-refractivity contribution in [1.82, 2.24) is 0 Å². The molecule has 0 saturated carbocycles. The van der Waals surface area contributed by atoms with Gasteiger partial charge in [-0.2, -0.15) is 35.4 Å². The van der Waals surface area contributed by atoms with E-state index < -0.39 is 0 Å². The zero-order chi connectivity index (χ0) is 13.8. The fraction of sp³-hybridized carbons (Fsp3) is 0.400. The molecule has 0 aliphatic heterocycles. The largest absolute Gasteiger partial charge is 4.00 e. The van der Waals surface area contributed by atoms with Gasteiger partial charge in [-0.1, -0.05) is 52.4 Å². The molecule has 0 aliphatic rings. The Hall–Kier alpha value is -0.417. The standard InChI is InChI=1S/2C9H13.2CH3.Zr/c2*1-9(2,3)8-6-4-5-7-8;;;/h2*4-7H,1-3H3;2*1H3;/q4*-1;+4. The molecule has 0 amide bonds. The molecule has 0 heterocycles. The summed E-state index contributed by atoms with van der Waals surface area (Å²) in [5.74, 6) is 0. The maximum atomic E-state index is 2.22. The number of hydrogen-bond acceptors (Lipinski definition) is 0. The van der Waals surface area contributed by atoms with Gasteiger partial charge in [0.15, 0.2) is 0 Å². The molecule has 0 spiro atoms. The summed E-state index contributed by atoms with van der Waals surface area (Å²) in [6.45, 7) is 13.3. The second kappa shape index (κ2) is 10.3. The summed E-state index contributed by atoms with van der Waals surface area (Å²) < 4.78 is 0. The van der Waals surface area contributed by atoms with E-state index in [4.69, 9.17) is 0 Å². The Morgan fingerprint density at radius 1 is 0.524 bits per heavy atom. The molecule has 0 fully saturated rings. The van der Waals surface area contributed by atoms with E-state index in [0.717, 1.165) is 0 Å². The Balaban J connectivity index is -0.000000270.